The first-order valence-corrected chi connectivity index (χ1v) is 9.59. The van der Waals surface area contributed by atoms with Crippen LogP contribution in [0.25, 0.3) is 0 Å². The molecule has 1 aromatic heterocycles. The Morgan fingerprint density at radius 2 is 0.967 bits per heavy atom. The fourth-order valence-electron chi connectivity index (χ4n) is 2.09. The lowest BCUT2D eigenvalue weighted by Crippen LogP contribution is -2.38. The van der Waals surface area contributed by atoms with Crippen molar-refractivity contribution in [1.29, 1.82) is 0 Å². The number of carbonyl (C=O) groups is 4. The highest BCUT2D eigenvalue weighted by Gasteiger charge is 2.20. The summed E-state index contributed by atoms with van der Waals surface area (Å²) in [4.78, 5) is 55.1. The van der Waals surface area contributed by atoms with E-state index in [1.165, 1.54) is 0 Å². The Kier molecular flexibility index (Phi) is 9.46. The van der Waals surface area contributed by atoms with Crippen LogP contribution in [0.1, 0.15) is 48.7 Å². The summed E-state index contributed by atoms with van der Waals surface area (Å²) in [5.41, 5.74) is 11.1. The highest BCUT2D eigenvalue weighted by atomic mass is 16.2. The van der Waals surface area contributed by atoms with Crippen molar-refractivity contribution in [3.63, 3.8) is 0 Å². The van der Waals surface area contributed by atoms with Gasteiger partial charge in [0.05, 0.1) is 0 Å². The molecule has 0 atom stereocenters. The number of anilines is 2. The minimum absolute atomic E-state index is 0.132. The summed E-state index contributed by atoms with van der Waals surface area (Å²) in [7, 11) is 0. The molecule has 0 saturated heterocycles. The molecule has 0 aliphatic carbocycles. The van der Waals surface area contributed by atoms with E-state index in [2.05, 4.69) is 31.2 Å². The summed E-state index contributed by atoms with van der Waals surface area (Å²) in [6, 6.07) is 0. The molecule has 0 spiro atoms. The van der Waals surface area contributed by atoms with Gasteiger partial charge in [0.25, 0.3) is 11.8 Å². The SMILES string of the molecule is CC(C)C(=O)NCCNC(=O)c1nc(N)c(C(=O)NCCNC(=O)C(C)C)nc1N. The number of nitrogens with zero attached hydrogens (tertiary/aromatic N) is 2. The van der Waals surface area contributed by atoms with Crippen LogP contribution in [0.5, 0.6) is 0 Å². The van der Waals surface area contributed by atoms with Crippen molar-refractivity contribution in [2.75, 3.05) is 37.6 Å². The van der Waals surface area contributed by atoms with Gasteiger partial charge in [0, 0.05) is 38.0 Å². The largest absolute Gasteiger partial charge is 0.382 e. The van der Waals surface area contributed by atoms with E-state index < -0.39 is 11.8 Å². The molecule has 8 N–H and O–H groups in total. The summed E-state index contributed by atoms with van der Waals surface area (Å²) in [5, 5.41) is 10.4. The Morgan fingerprint density at radius 3 is 1.27 bits per heavy atom. The van der Waals surface area contributed by atoms with Crippen LogP contribution >= 0.6 is 0 Å². The fourth-order valence-corrected chi connectivity index (χ4v) is 2.09. The Balaban J connectivity index is 2.61. The van der Waals surface area contributed by atoms with Crippen LogP contribution in [-0.4, -0.2) is 59.8 Å². The smallest absolute Gasteiger partial charge is 0.273 e. The van der Waals surface area contributed by atoms with Gasteiger partial charge in [-0.25, -0.2) is 9.97 Å². The van der Waals surface area contributed by atoms with E-state index in [0.717, 1.165) is 0 Å². The van der Waals surface area contributed by atoms with Crippen molar-refractivity contribution >= 4 is 35.3 Å². The average molecular weight is 422 g/mol. The first-order chi connectivity index (χ1) is 14.0. The molecular formula is C18H30N8O4. The van der Waals surface area contributed by atoms with Gasteiger partial charge in [-0.15, -0.1) is 0 Å². The molecule has 1 heterocycles. The molecule has 0 aromatic carbocycles. The van der Waals surface area contributed by atoms with Crippen LogP contribution in [0, 0.1) is 11.8 Å². The zero-order chi connectivity index (χ0) is 22.8. The number of carbonyl (C=O) groups excluding carboxylic acids is 4. The maximum Gasteiger partial charge on any atom is 0.273 e. The van der Waals surface area contributed by atoms with Crippen molar-refractivity contribution in [3.8, 4) is 0 Å². The van der Waals surface area contributed by atoms with E-state index in [0.29, 0.717) is 0 Å². The summed E-state index contributed by atoms with van der Waals surface area (Å²) < 4.78 is 0. The number of amides is 4. The van der Waals surface area contributed by atoms with Crippen molar-refractivity contribution in [3.05, 3.63) is 11.4 Å². The Morgan fingerprint density at radius 1 is 0.667 bits per heavy atom. The summed E-state index contributed by atoms with van der Waals surface area (Å²) >= 11 is 0. The van der Waals surface area contributed by atoms with Gasteiger partial charge in [-0.3, -0.25) is 19.2 Å². The van der Waals surface area contributed by atoms with Crippen molar-refractivity contribution < 1.29 is 19.2 Å². The molecule has 12 heteroatoms. The topological polar surface area (TPSA) is 194 Å². The maximum absolute atomic E-state index is 12.2. The number of aromatic nitrogens is 2. The van der Waals surface area contributed by atoms with E-state index in [4.69, 9.17) is 11.5 Å². The predicted octanol–water partition coefficient (Wildman–Crippen LogP) is -1.35. The molecule has 1 rings (SSSR count). The third-order valence-electron chi connectivity index (χ3n) is 3.85. The van der Waals surface area contributed by atoms with Gasteiger partial charge in [-0.2, -0.15) is 0 Å². The van der Waals surface area contributed by atoms with E-state index in [-0.39, 0.29) is 72.9 Å². The monoisotopic (exact) mass is 422 g/mol. The second-order valence-electron chi connectivity index (χ2n) is 7.09. The van der Waals surface area contributed by atoms with Crippen LogP contribution in [0.15, 0.2) is 0 Å². The van der Waals surface area contributed by atoms with Crippen LogP contribution < -0.4 is 32.7 Å². The van der Waals surface area contributed by atoms with Gasteiger partial charge in [0.15, 0.2) is 23.0 Å². The number of rotatable bonds is 10. The zero-order valence-corrected chi connectivity index (χ0v) is 17.7. The van der Waals surface area contributed by atoms with Gasteiger partial charge in [-0.05, 0) is 0 Å². The second-order valence-corrected chi connectivity index (χ2v) is 7.09. The van der Waals surface area contributed by atoms with Crippen molar-refractivity contribution in [1.82, 2.24) is 31.2 Å². The molecule has 1 aromatic rings. The average Bonchev–Trinajstić information content (AvgIpc) is 2.68. The molecule has 0 aliphatic rings. The molecule has 0 fully saturated rings. The molecule has 166 valence electrons. The molecule has 0 unspecified atom stereocenters. The first kappa shape index (κ1) is 24.6. The van der Waals surface area contributed by atoms with E-state index in [1.54, 1.807) is 27.7 Å². The lowest BCUT2D eigenvalue weighted by molar-refractivity contribution is -0.124. The van der Waals surface area contributed by atoms with Crippen LogP contribution in [0.2, 0.25) is 0 Å². The van der Waals surface area contributed by atoms with Gasteiger partial charge < -0.3 is 32.7 Å². The predicted molar refractivity (Wildman–Crippen MR) is 111 cm³/mol. The fraction of sp³-hybridized carbons (Fsp3) is 0.556. The Labute approximate surface area is 175 Å². The third kappa shape index (κ3) is 7.53. The third-order valence-corrected chi connectivity index (χ3v) is 3.85. The molecule has 0 aliphatic heterocycles. The van der Waals surface area contributed by atoms with Crippen molar-refractivity contribution in [2.45, 2.75) is 27.7 Å². The highest BCUT2D eigenvalue weighted by Crippen LogP contribution is 2.13. The number of nitrogens with one attached hydrogen (secondary N) is 4. The van der Waals surface area contributed by atoms with E-state index in [9.17, 15) is 19.2 Å². The molecule has 4 amide bonds. The normalized spacial score (nSPS) is 10.6. The molecule has 0 bridgehead atoms. The minimum Gasteiger partial charge on any atom is -0.382 e. The highest BCUT2D eigenvalue weighted by molar-refractivity contribution is 6.00. The lowest BCUT2D eigenvalue weighted by Gasteiger charge is -2.12. The summed E-state index contributed by atoms with van der Waals surface area (Å²) in [6.07, 6.45) is 0. The number of nitrogen functional groups attached to an aromatic ring is 2. The summed E-state index contributed by atoms with van der Waals surface area (Å²) in [5.74, 6) is -2.36. The Hall–Kier alpha value is -3.44. The molecular weight excluding hydrogens is 392 g/mol. The lowest BCUT2D eigenvalue weighted by atomic mass is 10.2. The second kappa shape index (κ2) is 11.5. The summed E-state index contributed by atoms with van der Waals surface area (Å²) in [6.45, 7) is 7.81. The van der Waals surface area contributed by atoms with E-state index in [1.807, 2.05) is 0 Å². The van der Waals surface area contributed by atoms with Gasteiger partial charge in [0.1, 0.15) is 0 Å². The zero-order valence-electron chi connectivity index (χ0n) is 17.7. The van der Waals surface area contributed by atoms with Gasteiger partial charge in [0.2, 0.25) is 11.8 Å². The van der Waals surface area contributed by atoms with Crippen LogP contribution in [0.3, 0.4) is 0 Å². The van der Waals surface area contributed by atoms with Crippen molar-refractivity contribution in [2.24, 2.45) is 11.8 Å². The number of nitrogens with two attached hydrogens (primary N) is 2. The van der Waals surface area contributed by atoms with Crippen LogP contribution in [0.4, 0.5) is 11.6 Å². The van der Waals surface area contributed by atoms with Gasteiger partial charge in [-0.1, -0.05) is 27.7 Å². The first-order valence-electron chi connectivity index (χ1n) is 9.59. The van der Waals surface area contributed by atoms with Crippen LogP contribution in [-0.2, 0) is 9.59 Å². The van der Waals surface area contributed by atoms with Gasteiger partial charge >= 0.3 is 0 Å². The molecule has 30 heavy (non-hydrogen) atoms. The molecule has 0 saturated carbocycles. The number of hydrogen-bond acceptors (Lipinski definition) is 8. The maximum atomic E-state index is 12.2. The minimum atomic E-state index is -0.631. The van der Waals surface area contributed by atoms with E-state index >= 15 is 0 Å². The quantitative estimate of drug-likeness (QED) is 0.249. The number of hydrogen-bond donors (Lipinski definition) is 6. The standard InChI is InChI=1S/C18H30N8O4/c1-9(2)15(27)21-5-7-23-17(29)11-13(19)26-12(14(20)25-11)18(30)24-8-6-22-16(28)10(3)4/h9-10H,5-8H2,1-4H3,(H2,20,25)(H2,19,26)(H,21,27)(H,22,28)(H,23,29)(H,24,30). The Bertz CT molecular complexity index is 729. The molecule has 0 radical (unpaired) electrons. The molecule has 12 nitrogen and oxygen atoms in total.